The Balaban J connectivity index is 2.23. The second kappa shape index (κ2) is 5.40. The SMILES string of the molecule is C=CC(C)OCC1CCCC1CN. The zero-order valence-corrected chi connectivity index (χ0v) is 8.54. The van der Waals surface area contributed by atoms with Gasteiger partial charge < -0.3 is 10.5 Å². The Morgan fingerprint density at radius 2 is 2.23 bits per heavy atom. The van der Waals surface area contributed by atoms with Crippen LogP contribution >= 0.6 is 0 Å². The molecule has 13 heavy (non-hydrogen) atoms. The minimum Gasteiger partial charge on any atom is -0.374 e. The van der Waals surface area contributed by atoms with Crippen LogP contribution in [0, 0.1) is 11.8 Å². The second-order valence-corrected chi connectivity index (χ2v) is 3.96. The number of nitrogens with two attached hydrogens (primary N) is 1. The molecular weight excluding hydrogens is 162 g/mol. The highest BCUT2D eigenvalue weighted by Crippen LogP contribution is 2.31. The molecule has 0 amide bonds. The fourth-order valence-electron chi connectivity index (χ4n) is 1.99. The predicted octanol–water partition coefficient (Wildman–Crippen LogP) is 1.95. The van der Waals surface area contributed by atoms with Crippen molar-refractivity contribution in [3.63, 3.8) is 0 Å². The minimum absolute atomic E-state index is 0.180. The van der Waals surface area contributed by atoms with Crippen molar-refractivity contribution in [1.29, 1.82) is 0 Å². The van der Waals surface area contributed by atoms with Crippen molar-refractivity contribution in [2.45, 2.75) is 32.3 Å². The molecule has 3 atom stereocenters. The molecule has 1 aliphatic rings. The van der Waals surface area contributed by atoms with Gasteiger partial charge in [-0.05, 0) is 38.1 Å². The molecule has 1 saturated carbocycles. The standard InChI is InChI=1S/C11H21NO/c1-3-9(2)13-8-11-6-4-5-10(11)7-12/h3,9-11H,1,4-8,12H2,2H3. The first-order valence-corrected chi connectivity index (χ1v) is 5.22. The number of rotatable bonds is 5. The van der Waals surface area contributed by atoms with Crippen molar-refractivity contribution < 1.29 is 4.74 Å². The van der Waals surface area contributed by atoms with Gasteiger partial charge in [-0.1, -0.05) is 12.5 Å². The molecule has 0 saturated heterocycles. The fourth-order valence-corrected chi connectivity index (χ4v) is 1.99. The molecule has 1 rings (SSSR count). The maximum absolute atomic E-state index is 5.69. The molecule has 2 heteroatoms. The minimum atomic E-state index is 0.180. The number of ether oxygens (including phenoxy) is 1. The van der Waals surface area contributed by atoms with E-state index in [4.69, 9.17) is 10.5 Å². The summed E-state index contributed by atoms with van der Waals surface area (Å²) < 4.78 is 5.63. The van der Waals surface area contributed by atoms with Gasteiger partial charge in [0.2, 0.25) is 0 Å². The van der Waals surface area contributed by atoms with E-state index in [1.165, 1.54) is 19.3 Å². The average Bonchev–Trinajstić information content (AvgIpc) is 2.61. The van der Waals surface area contributed by atoms with E-state index in [1.54, 1.807) is 0 Å². The summed E-state index contributed by atoms with van der Waals surface area (Å²) in [5.41, 5.74) is 5.69. The molecule has 2 nitrogen and oxygen atoms in total. The van der Waals surface area contributed by atoms with Crippen LogP contribution in [0.25, 0.3) is 0 Å². The summed E-state index contributed by atoms with van der Waals surface area (Å²) in [6.45, 7) is 7.39. The van der Waals surface area contributed by atoms with Gasteiger partial charge in [0, 0.05) is 0 Å². The van der Waals surface area contributed by atoms with Crippen LogP contribution in [0.15, 0.2) is 12.7 Å². The first kappa shape index (κ1) is 10.7. The number of hydrogen-bond donors (Lipinski definition) is 1. The third-order valence-corrected chi connectivity index (χ3v) is 3.02. The molecule has 76 valence electrons. The Labute approximate surface area is 81.1 Å². The molecular formula is C11H21NO. The zero-order valence-electron chi connectivity index (χ0n) is 8.54. The molecule has 0 radical (unpaired) electrons. The van der Waals surface area contributed by atoms with E-state index in [0.717, 1.165) is 13.2 Å². The van der Waals surface area contributed by atoms with Gasteiger partial charge in [-0.2, -0.15) is 0 Å². The highest BCUT2D eigenvalue weighted by Gasteiger charge is 2.26. The van der Waals surface area contributed by atoms with Crippen LogP contribution in [-0.2, 0) is 4.74 Å². The second-order valence-electron chi connectivity index (χ2n) is 3.96. The van der Waals surface area contributed by atoms with Gasteiger partial charge in [0.05, 0.1) is 12.7 Å². The van der Waals surface area contributed by atoms with Crippen molar-refractivity contribution in [2.24, 2.45) is 17.6 Å². The fraction of sp³-hybridized carbons (Fsp3) is 0.818. The van der Waals surface area contributed by atoms with Crippen LogP contribution < -0.4 is 5.73 Å². The lowest BCUT2D eigenvalue weighted by Crippen LogP contribution is -2.23. The summed E-state index contributed by atoms with van der Waals surface area (Å²) >= 11 is 0. The Morgan fingerprint density at radius 3 is 2.85 bits per heavy atom. The van der Waals surface area contributed by atoms with E-state index in [0.29, 0.717) is 11.8 Å². The Hall–Kier alpha value is -0.340. The molecule has 1 aliphatic carbocycles. The van der Waals surface area contributed by atoms with E-state index in [-0.39, 0.29) is 6.10 Å². The van der Waals surface area contributed by atoms with E-state index >= 15 is 0 Å². The van der Waals surface area contributed by atoms with Gasteiger partial charge in [0.25, 0.3) is 0 Å². The highest BCUT2D eigenvalue weighted by atomic mass is 16.5. The molecule has 0 spiro atoms. The molecule has 0 aromatic rings. The summed E-state index contributed by atoms with van der Waals surface area (Å²) in [4.78, 5) is 0. The first-order valence-electron chi connectivity index (χ1n) is 5.22. The normalized spacial score (nSPS) is 30.3. The maximum Gasteiger partial charge on any atom is 0.0725 e. The molecule has 0 aliphatic heterocycles. The van der Waals surface area contributed by atoms with Crippen LogP contribution in [0.1, 0.15) is 26.2 Å². The van der Waals surface area contributed by atoms with E-state index in [2.05, 4.69) is 6.58 Å². The van der Waals surface area contributed by atoms with Gasteiger partial charge in [-0.3, -0.25) is 0 Å². The average molecular weight is 183 g/mol. The highest BCUT2D eigenvalue weighted by molar-refractivity contribution is 4.80. The van der Waals surface area contributed by atoms with E-state index < -0.39 is 0 Å². The monoisotopic (exact) mass is 183 g/mol. The largest absolute Gasteiger partial charge is 0.374 e. The summed E-state index contributed by atoms with van der Waals surface area (Å²) in [5.74, 6) is 1.38. The van der Waals surface area contributed by atoms with Crippen LogP contribution in [0.4, 0.5) is 0 Å². The molecule has 1 fully saturated rings. The van der Waals surface area contributed by atoms with Gasteiger partial charge in [-0.15, -0.1) is 6.58 Å². The predicted molar refractivity (Wildman–Crippen MR) is 55.5 cm³/mol. The molecule has 0 heterocycles. The smallest absolute Gasteiger partial charge is 0.0725 e. The summed E-state index contributed by atoms with van der Waals surface area (Å²) in [6.07, 6.45) is 5.91. The molecule has 0 bridgehead atoms. The summed E-state index contributed by atoms with van der Waals surface area (Å²) in [6, 6.07) is 0. The van der Waals surface area contributed by atoms with Crippen LogP contribution in [0.5, 0.6) is 0 Å². The lowest BCUT2D eigenvalue weighted by Gasteiger charge is -2.19. The van der Waals surface area contributed by atoms with Crippen molar-refractivity contribution >= 4 is 0 Å². The van der Waals surface area contributed by atoms with Gasteiger partial charge in [0.1, 0.15) is 0 Å². The topological polar surface area (TPSA) is 35.2 Å². The Kier molecular flexibility index (Phi) is 4.46. The first-order chi connectivity index (χ1) is 6.27. The Morgan fingerprint density at radius 1 is 1.54 bits per heavy atom. The molecule has 2 N–H and O–H groups in total. The quantitative estimate of drug-likeness (QED) is 0.661. The van der Waals surface area contributed by atoms with Gasteiger partial charge in [-0.25, -0.2) is 0 Å². The third-order valence-electron chi connectivity index (χ3n) is 3.02. The van der Waals surface area contributed by atoms with Gasteiger partial charge in [0.15, 0.2) is 0 Å². The summed E-state index contributed by atoms with van der Waals surface area (Å²) in [5, 5.41) is 0. The van der Waals surface area contributed by atoms with Crippen molar-refractivity contribution in [1.82, 2.24) is 0 Å². The van der Waals surface area contributed by atoms with E-state index in [9.17, 15) is 0 Å². The van der Waals surface area contributed by atoms with Crippen molar-refractivity contribution in [3.05, 3.63) is 12.7 Å². The zero-order chi connectivity index (χ0) is 9.68. The lowest BCUT2D eigenvalue weighted by molar-refractivity contribution is 0.0574. The van der Waals surface area contributed by atoms with Gasteiger partial charge >= 0.3 is 0 Å². The Bertz CT molecular complexity index is 158. The third kappa shape index (κ3) is 3.12. The van der Waals surface area contributed by atoms with Crippen molar-refractivity contribution in [3.8, 4) is 0 Å². The number of hydrogen-bond acceptors (Lipinski definition) is 2. The maximum atomic E-state index is 5.69. The molecule has 0 aromatic heterocycles. The van der Waals surface area contributed by atoms with Crippen LogP contribution in [0.2, 0.25) is 0 Å². The van der Waals surface area contributed by atoms with Crippen LogP contribution in [-0.4, -0.2) is 19.3 Å². The lowest BCUT2D eigenvalue weighted by atomic mass is 9.97. The van der Waals surface area contributed by atoms with Crippen molar-refractivity contribution in [2.75, 3.05) is 13.2 Å². The van der Waals surface area contributed by atoms with Crippen LogP contribution in [0.3, 0.4) is 0 Å². The summed E-state index contributed by atoms with van der Waals surface area (Å²) in [7, 11) is 0. The van der Waals surface area contributed by atoms with E-state index in [1.807, 2.05) is 13.0 Å². The molecule has 0 aromatic carbocycles. The molecule has 3 unspecified atom stereocenters.